The van der Waals surface area contributed by atoms with Gasteiger partial charge in [-0.25, -0.2) is 0 Å². The summed E-state index contributed by atoms with van der Waals surface area (Å²) in [6, 6.07) is 1.73. The monoisotopic (exact) mass is 234 g/mol. The van der Waals surface area contributed by atoms with Gasteiger partial charge >= 0.3 is 0 Å². The highest BCUT2D eigenvalue weighted by Crippen LogP contribution is 2.32. The van der Waals surface area contributed by atoms with Crippen LogP contribution >= 0.6 is 0 Å². The Labute approximate surface area is 105 Å². The van der Waals surface area contributed by atoms with Crippen molar-refractivity contribution >= 4 is 0 Å². The van der Waals surface area contributed by atoms with Crippen LogP contribution in [0.15, 0.2) is 11.6 Å². The third kappa shape index (κ3) is 2.92. The van der Waals surface area contributed by atoms with Crippen molar-refractivity contribution in [1.82, 2.24) is 10.2 Å². The number of hydrogen-bond donors (Lipinski definition) is 1. The average Bonchev–Trinajstić information content (AvgIpc) is 2.68. The minimum Gasteiger partial charge on any atom is -0.311 e. The van der Waals surface area contributed by atoms with E-state index in [9.17, 15) is 0 Å². The van der Waals surface area contributed by atoms with Crippen LogP contribution in [0.2, 0.25) is 0 Å². The van der Waals surface area contributed by atoms with Crippen molar-refractivity contribution in [3.8, 4) is 0 Å². The second kappa shape index (κ2) is 5.11. The molecule has 1 N–H and O–H groups in total. The summed E-state index contributed by atoms with van der Waals surface area (Å²) < 4.78 is 0. The van der Waals surface area contributed by atoms with Gasteiger partial charge in [0.2, 0.25) is 0 Å². The Kier molecular flexibility index (Phi) is 3.53. The van der Waals surface area contributed by atoms with Gasteiger partial charge in [0.05, 0.1) is 0 Å². The molecule has 0 saturated carbocycles. The van der Waals surface area contributed by atoms with Crippen molar-refractivity contribution in [3.63, 3.8) is 0 Å². The minimum atomic E-state index is 0.863. The largest absolute Gasteiger partial charge is 0.311 e. The molecule has 2 atom stereocenters. The fourth-order valence-electron chi connectivity index (χ4n) is 3.79. The maximum Gasteiger partial charge on any atom is 0.0165 e. The third-order valence-corrected chi connectivity index (χ3v) is 4.94. The van der Waals surface area contributed by atoms with Crippen molar-refractivity contribution in [3.05, 3.63) is 11.6 Å². The van der Waals surface area contributed by atoms with E-state index in [0.717, 1.165) is 18.0 Å². The summed E-state index contributed by atoms with van der Waals surface area (Å²) >= 11 is 0. The van der Waals surface area contributed by atoms with Crippen LogP contribution in [-0.4, -0.2) is 36.6 Å². The van der Waals surface area contributed by atoms with Gasteiger partial charge in [0.25, 0.3) is 0 Å². The molecule has 0 aromatic heterocycles. The van der Waals surface area contributed by atoms with Crippen LogP contribution in [0.25, 0.3) is 0 Å². The quantitative estimate of drug-likeness (QED) is 0.755. The molecular formula is C15H26N2. The molecule has 3 rings (SSSR count). The first-order valence-corrected chi connectivity index (χ1v) is 7.43. The van der Waals surface area contributed by atoms with Gasteiger partial charge < -0.3 is 5.32 Å². The number of rotatable bonds is 3. The van der Waals surface area contributed by atoms with Crippen LogP contribution in [-0.2, 0) is 0 Å². The van der Waals surface area contributed by atoms with Gasteiger partial charge in [0.15, 0.2) is 0 Å². The van der Waals surface area contributed by atoms with E-state index >= 15 is 0 Å². The van der Waals surface area contributed by atoms with Gasteiger partial charge in [-0.15, -0.1) is 0 Å². The first-order chi connectivity index (χ1) is 8.29. The molecule has 2 bridgehead atoms. The molecule has 0 spiro atoms. The Bertz CT molecular complexity index is 285. The van der Waals surface area contributed by atoms with E-state index in [1.807, 2.05) is 0 Å². The summed E-state index contributed by atoms with van der Waals surface area (Å²) in [6.45, 7) is 6.08. The van der Waals surface area contributed by atoms with Crippen LogP contribution in [0.1, 0.15) is 45.4 Å². The number of piperidine rings is 1. The fourth-order valence-corrected chi connectivity index (χ4v) is 3.79. The van der Waals surface area contributed by atoms with Crippen LogP contribution in [0.4, 0.5) is 0 Å². The predicted octanol–water partition coefficient (Wildman–Crippen LogP) is 2.56. The van der Waals surface area contributed by atoms with Crippen molar-refractivity contribution < 1.29 is 0 Å². The molecule has 2 heteroatoms. The van der Waals surface area contributed by atoms with E-state index in [1.165, 1.54) is 58.2 Å². The number of nitrogens with one attached hydrogen (secondary N) is 1. The lowest BCUT2D eigenvalue weighted by molar-refractivity contribution is 0.227. The molecule has 0 amide bonds. The van der Waals surface area contributed by atoms with Crippen LogP contribution in [0, 0.1) is 5.92 Å². The van der Waals surface area contributed by atoms with Gasteiger partial charge in [-0.05, 0) is 57.9 Å². The topological polar surface area (TPSA) is 15.3 Å². The highest BCUT2D eigenvalue weighted by molar-refractivity contribution is 5.03. The zero-order valence-corrected chi connectivity index (χ0v) is 11.1. The van der Waals surface area contributed by atoms with E-state index < -0.39 is 0 Å². The Balaban J connectivity index is 1.42. The number of hydrogen-bond acceptors (Lipinski definition) is 2. The first-order valence-electron chi connectivity index (χ1n) is 7.43. The molecule has 3 aliphatic rings. The Morgan fingerprint density at radius 2 is 2.06 bits per heavy atom. The van der Waals surface area contributed by atoms with E-state index in [4.69, 9.17) is 0 Å². The fraction of sp³-hybridized carbons (Fsp3) is 0.867. The van der Waals surface area contributed by atoms with Crippen molar-refractivity contribution in [2.75, 3.05) is 19.6 Å². The van der Waals surface area contributed by atoms with Crippen LogP contribution < -0.4 is 5.32 Å². The Hall–Kier alpha value is -0.340. The number of fused-ring (bicyclic) bond motifs is 2. The summed E-state index contributed by atoms with van der Waals surface area (Å²) in [4.78, 5) is 2.64. The number of nitrogens with zero attached hydrogens (tertiary/aromatic N) is 1. The van der Waals surface area contributed by atoms with Gasteiger partial charge in [0, 0.05) is 25.2 Å². The van der Waals surface area contributed by atoms with Crippen LogP contribution in [0.3, 0.4) is 0 Å². The van der Waals surface area contributed by atoms with Crippen molar-refractivity contribution in [2.45, 2.75) is 57.5 Å². The normalized spacial score (nSPS) is 38.2. The summed E-state index contributed by atoms with van der Waals surface area (Å²) in [5, 5.41) is 3.74. The Morgan fingerprint density at radius 1 is 1.29 bits per heavy atom. The summed E-state index contributed by atoms with van der Waals surface area (Å²) in [5.41, 5.74) is 1.58. The minimum absolute atomic E-state index is 0.863. The van der Waals surface area contributed by atoms with Crippen LogP contribution in [0.5, 0.6) is 0 Å². The molecule has 2 fully saturated rings. The first kappa shape index (κ1) is 11.7. The second-order valence-electron chi connectivity index (χ2n) is 6.37. The van der Waals surface area contributed by atoms with Crippen molar-refractivity contribution in [2.24, 2.45) is 5.92 Å². The lowest BCUT2D eigenvalue weighted by Crippen LogP contribution is -2.39. The molecule has 96 valence electrons. The summed E-state index contributed by atoms with van der Waals surface area (Å²) in [6.07, 6.45) is 10.9. The zero-order valence-electron chi connectivity index (χ0n) is 11.1. The van der Waals surface area contributed by atoms with E-state index in [2.05, 4.69) is 23.2 Å². The van der Waals surface area contributed by atoms with E-state index in [0.29, 0.717) is 0 Å². The molecule has 3 heterocycles. The Morgan fingerprint density at radius 3 is 2.71 bits per heavy atom. The highest BCUT2D eigenvalue weighted by Gasteiger charge is 2.33. The van der Waals surface area contributed by atoms with Gasteiger partial charge in [0.1, 0.15) is 0 Å². The molecule has 17 heavy (non-hydrogen) atoms. The maximum absolute atomic E-state index is 3.74. The van der Waals surface area contributed by atoms with E-state index in [1.54, 1.807) is 5.57 Å². The molecule has 2 saturated heterocycles. The molecule has 0 aromatic rings. The molecule has 0 aliphatic carbocycles. The average molecular weight is 234 g/mol. The van der Waals surface area contributed by atoms with Gasteiger partial charge in [-0.2, -0.15) is 0 Å². The highest BCUT2D eigenvalue weighted by atomic mass is 15.1. The maximum atomic E-state index is 3.74. The van der Waals surface area contributed by atoms with E-state index in [-0.39, 0.29) is 0 Å². The molecular weight excluding hydrogens is 208 g/mol. The smallest absolute Gasteiger partial charge is 0.0165 e. The summed E-state index contributed by atoms with van der Waals surface area (Å²) in [7, 11) is 0. The van der Waals surface area contributed by atoms with Gasteiger partial charge in [-0.1, -0.05) is 11.6 Å². The zero-order chi connectivity index (χ0) is 11.7. The summed E-state index contributed by atoms with van der Waals surface area (Å²) in [5.74, 6) is 1.00. The SMILES string of the molecule is CC1=CCN(CCC2CC3CCC(C2)N3)CC1. The lowest BCUT2D eigenvalue weighted by atomic mass is 9.89. The van der Waals surface area contributed by atoms with Gasteiger partial charge in [-0.3, -0.25) is 4.90 Å². The molecule has 2 nitrogen and oxygen atoms in total. The lowest BCUT2D eigenvalue weighted by Gasteiger charge is -2.32. The second-order valence-corrected chi connectivity index (χ2v) is 6.37. The molecule has 0 radical (unpaired) electrons. The third-order valence-electron chi connectivity index (χ3n) is 4.94. The standard InChI is InChI=1S/C15H26N2/c1-12-4-7-17(8-5-12)9-6-13-10-14-2-3-15(11-13)16-14/h4,13-16H,2-3,5-11H2,1H3. The molecule has 3 aliphatic heterocycles. The van der Waals surface area contributed by atoms with Crippen molar-refractivity contribution in [1.29, 1.82) is 0 Å². The predicted molar refractivity (Wildman–Crippen MR) is 72.1 cm³/mol. The molecule has 2 unspecified atom stereocenters. The molecule has 0 aromatic carbocycles.